The van der Waals surface area contributed by atoms with E-state index in [2.05, 4.69) is 42.3 Å². The van der Waals surface area contributed by atoms with Crippen LogP contribution < -0.4 is 5.32 Å². The van der Waals surface area contributed by atoms with E-state index in [9.17, 15) is 4.79 Å². The topological polar surface area (TPSA) is 55.6 Å². The molecular formula is C20H23N3O2. The fraction of sp³-hybridized carbons (Fsp3) is 0.300. The molecule has 1 aromatic carbocycles. The number of fused-ring (bicyclic) bond motifs is 1. The molecule has 0 unspecified atom stereocenters. The number of nitrogens with zero attached hydrogens (tertiary/aromatic N) is 2. The lowest BCUT2D eigenvalue weighted by atomic mass is 10.0. The van der Waals surface area contributed by atoms with Crippen molar-refractivity contribution in [2.24, 2.45) is 0 Å². The largest absolute Gasteiger partial charge is 0.465 e. The molecule has 0 aliphatic carbocycles. The summed E-state index contributed by atoms with van der Waals surface area (Å²) < 4.78 is 6.83. The average Bonchev–Trinajstić information content (AvgIpc) is 2.88. The van der Waals surface area contributed by atoms with Crippen molar-refractivity contribution in [3.63, 3.8) is 0 Å². The second-order valence-corrected chi connectivity index (χ2v) is 6.33. The quantitative estimate of drug-likeness (QED) is 0.732. The minimum absolute atomic E-state index is 0.359. The van der Waals surface area contributed by atoms with Crippen LogP contribution in [-0.2, 0) is 11.3 Å². The summed E-state index contributed by atoms with van der Waals surface area (Å²) in [6.07, 6.45) is 1.78. The third-order valence-corrected chi connectivity index (χ3v) is 4.72. The van der Waals surface area contributed by atoms with Gasteiger partial charge in [0, 0.05) is 18.4 Å². The van der Waals surface area contributed by atoms with Crippen LogP contribution in [0, 0.1) is 27.7 Å². The van der Waals surface area contributed by atoms with E-state index in [1.54, 1.807) is 12.3 Å². The van der Waals surface area contributed by atoms with Crippen molar-refractivity contribution in [1.29, 1.82) is 0 Å². The van der Waals surface area contributed by atoms with Crippen LogP contribution >= 0.6 is 0 Å². The van der Waals surface area contributed by atoms with Crippen LogP contribution in [0.5, 0.6) is 0 Å². The second-order valence-electron chi connectivity index (χ2n) is 6.33. The van der Waals surface area contributed by atoms with Crippen molar-refractivity contribution < 1.29 is 9.53 Å². The number of carbonyl (C=O) groups is 1. The van der Waals surface area contributed by atoms with E-state index in [0.29, 0.717) is 12.1 Å². The van der Waals surface area contributed by atoms with Crippen LogP contribution in [0.1, 0.15) is 38.4 Å². The molecule has 25 heavy (non-hydrogen) atoms. The molecule has 3 aromatic rings. The van der Waals surface area contributed by atoms with E-state index in [4.69, 9.17) is 4.74 Å². The predicted octanol–water partition coefficient (Wildman–Crippen LogP) is 3.97. The van der Waals surface area contributed by atoms with Crippen molar-refractivity contribution >= 4 is 17.3 Å². The van der Waals surface area contributed by atoms with Gasteiger partial charge in [0.1, 0.15) is 0 Å². The van der Waals surface area contributed by atoms with Crippen LogP contribution in [0.2, 0.25) is 0 Å². The molecule has 0 spiro atoms. The molecule has 2 aromatic heterocycles. The van der Waals surface area contributed by atoms with Crippen LogP contribution in [0.15, 0.2) is 30.5 Å². The first-order valence-electron chi connectivity index (χ1n) is 8.29. The Hall–Kier alpha value is -2.82. The lowest BCUT2D eigenvalue weighted by Gasteiger charge is -2.14. The maximum atomic E-state index is 12.0. The highest BCUT2D eigenvalue weighted by atomic mass is 16.5. The number of benzene rings is 1. The first-order valence-corrected chi connectivity index (χ1v) is 8.29. The van der Waals surface area contributed by atoms with Gasteiger partial charge in [0.2, 0.25) is 0 Å². The molecule has 0 saturated heterocycles. The number of hydrogen-bond acceptors (Lipinski definition) is 4. The molecule has 0 bridgehead atoms. The van der Waals surface area contributed by atoms with E-state index in [0.717, 1.165) is 22.7 Å². The van der Waals surface area contributed by atoms with Gasteiger partial charge in [-0.05, 0) is 50.5 Å². The van der Waals surface area contributed by atoms with Crippen LogP contribution in [0.4, 0.5) is 5.69 Å². The number of pyridine rings is 1. The van der Waals surface area contributed by atoms with Gasteiger partial charge in [0.15, 0.2) is 5.65 Å². The highest BCUT2D eigenvalue weighted by Gasteiger charge is 2.15. The molecule has 3 rings (SSSR count). The van der Waals surface area contributed by atoms with Gasteiger partial charge in [-0.2, -0.15) is 0 Å². The molecular weight excluding hydrogens is 314 g/mol. The van der Waals surface area contributed by atoms with Gasteiger partial charge in [-0.3, -0.25) is 0 Å². The Balaban J connectivity index is 2.05. The number of rotatable bonds is 4. The number of aryl methyl sites for hydroxylation is 4. The molecule has 1 N–H and O–H groups in total. The third-order valence-electron chi connectivity index (χ3n) is 4.72. The highest BCUT2D eigenvalue weighted by Crippen LogP contribution is 2.24. The molecule has 5 heteroatoms. The van der Waals surface area contributed by atoms with Gasteiger partial charge in [-0.15, -0.1) is 0 Å². The molecule has 0 aliphatic rings. The summed E-state index contributed by atoms with van der Waals surface area (Å²) in [5.74, 6) is -0.359. The molecule has 0 saturated carbocycles. The Kier molecular flexibility index (Phi) is 4.49. The average molecular weight is 337 g/mol. The first-order chi connectivity index (χ1) is 11.9. The highest BCUT2D eigenvalue weighted by molar-refractivity contribution is 5.91. The molecule has 0 atom stereocenters. The standard InChI is InChI=1S/C20H23N3O2/c1-12-7-6-8-13(2)17(12)10-21-18-9-16(20(24)25-5)11-23-15(4)14(3)22-19(18)23/h6-9,11,21H,10H2,1-5H3. The zero-order chi connectivity index (χ0) is 18.1. The summed E-state index contributed by atoms with van der Waals surface area (Å²) in [6, 6.07) is 8.08. The van der Waals surface area contributed by atoms with Crippen molar-refractivity contribution in [2.75, 3.05) is 12.4 Å². The molecule has 0 radical (unpaired) electrons. The summed E-state index contributed by atoms with van der Waals surface area (Å²) in [5.41, 5.74) is 7.82. The number of anilines is 1. The van der Waals surface area contributed by atoms with Gasteiger partial charge in [-0.1, -0.05) is 18.2 Å². The fourth-order valence-corrected chi connectivity index (χ4v) is 3.04. The van der Waals surface area contributed by atoms with E-state index in [-0.39, 0.29) is 5.97 Å². The van der Waals surface area contributed by atoms with E-state index in [1.165, 1.54) is 23.8 Å². The van der Waals surface area contributed by atoms with Crippen molar-refractivity contribution in [2.45, 2.75) is 34.2 Å². The van der Waals surface area contributed by atoms with Gasteiger partial charge in [0.05, 0.1) is 24.1 Å². The lowest BCUT2D eigenvalue weighted by molar-refractivity contribution is 0.0600. The van der Waals surface area contributed by atoms with Gasteiger partial charge in [-0.25, -0.2) is 9.78 Å². The Morgan fingerprint density at radius 3 is 2.52 bits per heavy atom. The Bertz CT molecular complexity index is 937. The number of esters is 1. The van der Waals surface area contributed by atoms with Crippen LogP contribution in [0.3, 0.4) is 0 Å². The number of nitrogens with one attached hydrogen (secondary N) is 1. The maximum Gasteiger partial charge on any atom is 0.339 e. The van der Waals surface area contributed by atoms with E-state index < -0.39 is 0 Å². The molecule has 0 amide bonds. The molecule has 5 nitrogen and oxygen atoms in total. The minimum Gasteiger partial charge on any atom is -0.465 e. The Morgan fingerprint density at radius 1 is 1.20 bits per heavy atom. The van der Waals surface area contributed by atoms with Crippen molar-refractivity contribution in [1.82, 2.24) is 9.38 Å². The van der Waals surface area contributed by atoms with Crippen molar-refractivity contribution in [3.05, 3.63) is 64.1 Å². The zero-order valence-corrected chi connectivity index (χ0v) is 15.3. The monoisotopic (exact) mass is 337 g/mol. The van der Waals surface area contributed by atoms with E-state index >= 15 is 0 Å². The number of aromatic nitrogens is 2. The van der Waals surface area contributed by atoms with Gasteiger partial charge >= 0.3 is 5.97 Å². The Morgan fingerprint density at radius 2 is 1.88 bits per heavy atom. The maximum absolute atomic E-state index is 12.0. The molecule has 2 heterocycles. The first kappa shape index (κ1) is 17.0. The SMILES string of the molecule is COC(=O)c1cc(NCc2c(C)cccc2C)c2nc(C)c(C)n2c1. The third kappa shape index (κ3) is 3.09. The molecule has 130 valence electrons. The van der Waals surface area contributed by atoms with Gasteiger partial charge in [0.25, 0.3) is 0 Å². The number of imidazole rings is 1. The van der Waals surface area contributed by atoms with Gasteiger partial charge < -0.3 is 14.5 Å². The molecule has 0 aliphatic heterocycles. The Labute approximate surface area is 147 Å². The number of methoxy groups -OCH3 is 1. The summed E-state index contributed by atoms with van der Waals surface area (Å²) in [7, 11) is 1.39. The molecule has 0 fully saturated rings. The van der Waals surface area contributed by atoms with Crippen LogP contribution in [-0.4, -0.2) is 22.5 Å². The predicted molar refractivity (Wildman–Crippen MR) is 99.2 cm³/mol. The summed E-state index contributed by atoms with van der Waals surface area (Å²) >= 11 is 0. The summed E-state index contributed by atoms with van der Waals surface area (Å²) in [4.78, 5) is 16.7. The van der Waals surface area contributed by atoms with Crippen molar-refractivity contribution in [3.8, 4) is 0 Å². The fourth-order valence-electron chi connectivity index (χ4n) is 3.04. The smallest absolute Gasteiger partial charge is 0.339 e. The van der Waals surface area contributed by atoms with E-state index in [1.807, 2.05) is 18.2 Å². The minimum atomic E-state index is -0.359. The normalized spacial score (nSPS) is 10.9. The number of carbonyl (C=O) groups excluding carboxylic acids is 1. The number of hydrogen-bond donors (Lipinski definition) is 1. The summed E-state index contributed by atoms with van der Waals surface area (Å²) in [5, 5.41) is 3.45. The zero-order valence-electron chi connectivity index (χ0n) is 15.3. The number of ether oxygens (including phenoxy) is 1. The van der Waals surface area contributed by atoms with Crippen LogP contribution in [0.25, 0.3) is 5.65 Å². The second kappa shape index (κ2) is 6.59. The lowest BCUT2D eigenvalue weighted by Crippen LogP contribution is -2.09. The summed E-state index contributed by atoms with van der Waals surface area (Å²) in [6.45, 7) is 8.84.